The number of rotatable bonds is 2. The summed E-state index contributed by atoms with van der Waals surface area (Å²) in [4.78, 5) is 25.0. The van der Waals surface area contributed by atoms with Crippen LogP contribution in [-0.4, -0.2) is 40.0 Å². The van der Waals surface area contributed by atoms with Gasteiger partial charge in [0.25, 0.3) is 0 Å². The van der Waals surface area contributed by atoms with Crippen LogP contribution in [0.3, 0.4) is 0 Å². The molecule has 5 heteroatoms. The summed E-state index contributed by atoms with van der Waals surface area (Å²) in [6.07, 6.45) is 5.62. The van der Waals surface area contributed by atoms with E-state index in [0.29, 0.717) is 25.8 Å². The van der Waals surface area contributed by atoms with E-state index >= 15 is 0 Å². The molecule has 2 aliphatic rings. The summed E-state index contributed by atoms with van der Waals surface area (Å²) < 4.78 is 0. The Kier molecular flexibility index (Phi) is 3.38. The Morgan fingerprint density at radius 1 is 1.18 bits per heavy atom. The van der Waals surface area contributed by atoms with Crippen LogP contribution in [0.25, 0.3) is 0 Å². The summed E-state index contributed by atoms with van der Waals surface area (Å²) in [5.74, 6) is -1.05. The van der Waals surface area contributed by atoms with Gasteiger partial charge in [-0.15, -0.1) is 0 Å². The second-order valence-electron chi connectivity index (χ2n) is 5.21. The van der Waals surface area contributed by atoms with Crippen molar-refractivity contribution >= 4 is 11.9 Å². The Bertz CT molecular complexity index is 324. The molecule has 0 aromatic heterocycles. The third-order valence-electron chi connectivity index (χ3n) is 3.97. The molecule has 2 rings (SSSR count). The highest BCUT2D eigenvalue weighted by molar-refractivity contribution is 5.90. The zero-order valence-electron chi connectivity index (χ0n) is 10.0. The Balaban J connectivity index is 2.13. The normalized spacial score (nSPS) is 28.1. The van der Waals surface area contributed by atoms with Crippen molar-refractivity contribution in [2.75, 3.05) is 6.54 Å². The van der Waals surface area contributed by atoms with Crippen molar-refractivity contribution in [3.8, 4) is 0 Å². The predicted octanol–water partition coefficient (Wildman–Crippen LogP) is 0.724. The van der Waals surface area contributed by atoms with Gasteiger partial charge in [-0.25, -0.2) is 4.79 Å². The fraction of sp³-hybridized carbons (Fsp3) is 0.833. The number of hydrogen-bond donors (Lipinski definition) is 2. The molecule has 0 radical (unpaired) electrons. The molecule has 5 nitrogen and oxygen atoms in total. The molecule has 1 saturated carbocycles. The van der Waals surface area contributed by atoms with Gasteiger partial charge in [-0.2, -0.15) is 0 Å². The minimum atomic E-state index is -0.903. The van der Waals surface area contributed by atoms with E-state index in [1.54, 1.807) is 0 Å². The van der Waals surface area contributed by atoms with E-state index in [1.165, 1.54) is 4.90 Å². The molecule has 3 N–H and O–H groups in total. The van der Waals surface area contributed by atoms with Crippen LogP contribution in [0.4, 0.5) is 0 Å². The van der Waals surface area contributed by atoms with Gasteiger partial charge >= 0.3 is 5.97 Å². The highest BCUT2D eigenvalue weighted by Gasteiger charge is 2.43. The van der Waals surface area contributed by atoms with Gasteiger partial charge in [0.15, 0.2) is 0 Å². The van der Waals surface area contributed by atoms with E-state index in [4.69, 9.17) is 10.8 Å². The van der Waals surface area contributed by atoms with E-state index in [9.17, 15) is 9.59 Å². The first kappa shape index (κ1) is 12.4. The highest BCUT2D eigenvalue weighted by Crippen LogP contribution is 2.31. The molecule has 0 aromatic carbocycles. The molecule has 1 atom stereocenters. The van der Waals surface area contributed by atoms with Crippen LogP contribution in [0, 0.1) is 0 Å². The Hall–Kier alpha value is -1.10. The maximum atomic E-state index is 12.4. The number of piperidine rings is 1. The zero-order valence-corrected chi connectivity index (χ0v) is 10.0. The summed E-state index contributed by atoms with van der Waals surface area (Å²) in [5.41, 5.74) is 5.31. The first-order valence-corrected chi connectivity index (χ1v) is 6.37. The number of nitrogens with zero attached hydrogens (tertiary/aromatic N) is 1. The number of likely N-dealkylation sites (tertiary alicyclic amines) is 1. The molecule has 0 bridgehead atoms. The first-order chi connectivity index (χ1) is 8.04. The molecule has 96 valence electrons. The lowest BCUT2D eigenvalue weighted by Gasteiger charge is -2.38. The molecule has 1 unspecified atom stereocenters. The molecule has 1 aliphatic carbocycles. The monoisotopic (exact) mass is 240 g/mol. The standard InChI is InChI=1S/C12H20N2O3/c13-12(6-2-3-7-12)11(17)14-8-4-1-5-9(14)10(15)16/h9H,1-8,13H2,(H,15,16). The van der Waals surface area contributed by atoms with Crippen LogP contribution >= 0.6 is 0 Å². The van der Waals surface area contributed by atoms with Crippen molar-refractivity contribution in [3.63, 3.8) is 0 Å². The highest BCUT2D eigenvalue weighted by atomic mass is 16.4. The molecule has 2 fully saturated rings. The maximum Gasteiger partial charge on any atom is 0.326 e. The second-order valence-corrected chi connectivity index (χ2v) is 5.21. The molecule has 1 saturated heterocycles. The van der Waals surface area contributed by atoms with Crippen molar-refractivity contribution in [1.82, 2.24) is 4.90 Å². The lowest BCUT2D eigenvalue weighted by atomic mass is 9.93. The first-order valence-electron chi connectivity index (χ1n) is 6.37. The molecule has 1 heterocycles. The number of nitrogens with two attached hydrogens (primary N) is 1. The van der Waals surface area contributed by atoms with E-state index in [0.717, 1.165) is 25.7 Å². The van der Waals surface area contributed by atoms with Gasteiger partial charge in [0, 0.05) is 6.54 Å². The number of hydrogen-bond acceptors (Lipinski definition) is 3. The molecule has 0 spiro atoms. The van der Waals surface area contributed by atoms with Gasteiger partial charge in [0.05, 0.1) is 5.54 Å². The number of carbonyl (C=O) groups is 2. The van der Waals surface area contributed by atoms with Crippen LogP contribution in [0.1, 0.15) is 44.9 Å². The Morgan fingerprint density at radius 2 is 1.82 bits per heavy atom. The number of carboxylic acid groups (broad SMARTS) is 1. The second kappa shape index (κ2) is 4.64. The summed E-state index contributed by atoms with van der Waals surface area (Å²) in [7, 11) is 0. The van der Waals surface area contributed by atoms with Crippen molar-refractivity contribution in [1.29, 1.82) is 0 Å². The van der Waals surface area contributed by atoms with Gasteiger partial charge in [0.1, 0.15) is 6.04 Å². The smallest absolute Gasteiger partial charge is 0.326 e. The zero-order chi connectivity index (χ0) is 12.5. The summed E-state index contributed by atoms with van der Waals surface area (Å²) in [6, 6.07) is -0.669. The van der Waals surface area contributed by atoms with Crippen LogP contribution in [0.5, 0.6) is 0 Å². The number of aliphatic carboxylic acids is 1. The van der Waals surface area contributed by atoms with Crippen LogP contribution in [-0.2, 0) is 9.59 Å². The van der Waals surface area contributed by atoms with E-state index in [1.807, 2.05) is 0 Å². The summed E-state index contributed by atoms with van der Waals surface area (Å²) >= 11 is 0. The number of carboxylic acids is 1. The Labute approximate surface area is 101 Å². The van der Waals surface area contributed by atoms with Gasteiger partial charge in [-0.3, -0.25) is 4.79 Å². The van der Waals surface area contributed by atoms with E-state index in [2.05, 4.69) is 0 Å². The van der Waals surface area contributed by atoms with Gasteiger partial charge < -0.3 is 15.7 Å². The van der Waals surface area contributed by atoms with Crippen molar-refractivity contribution < 1.29 is 14.7 Å². The maximum absolute atomic E-state index is 12.4. The molecule has 0 aromatic rings. The third kappa shape index (κ3) is 2.29. The topological polar surface area (TPSA) is 83.6 Å². The van der Waals surface area contributed by atoms with Gasteiger partial charge in [-0.1, -0.05) is 12.8 Å². The molecule has 17 heavy (non-hydrogen) atoms. The molecular weight excluding hydrogens is 220 g/mol. The Morgan fingerprint density at radius 3 is 2.41 bits per heavy atom. The molecule has 1 aliphatic heterocycles. The minimum absolute atomic E-state index is 0.151. The van der Waals surface area contributed by atoms with E-state index < -0.39 is 17.6 Å². The molecular formula is C12H20N2O3. The fourth-order valence-electron chi connectivity index (χ4n) is 2.94. The minimum Gasteiger partial charge on any atom is -0.480 e. The largest absolute Gasteiger partial charge is 0.480 e. The van der Waals surface area contributed by atoms with Crippen molar-refractivity contribution in [2.24, 2.45) is 5.73 Å². The number of amides is 1. The van der Waals surface area contributed by atoms with Crippen molar-refractivity contribution in [2.45, 2.75) is 56.5 Å². The third-order valence-corrected chi connectivity index (χ3v) is 3.97. The summed E-state index contributed by atoms with van der Waals surface area (Å²) in [5, 5.41) is 9.15. The SMILES string of the molecule is NC1(C(=O)N2CCCCC2C(=O)O)CCCC1. The lowest BCUT2D eigenvalue weighted by Crippen LogP contribution is -2.59. The molecule has 1 amide bonds. The average molecular weight is 240 g/mol. The van der Waals surface area contributed by atoms with E-state index in [-0.39, 0.29) is 5.91 Å². The summed E-state index contributed by atoms with van der Waals surface area (Å²) in [6.45, 7) is 0.536. The van der Waals surface area contributed by atoms with Crippen LogP contribution in [0.15, 0.2) is 0 Å². The average Bonchev–Trinajstić information content (AvgIpc) is 2.76. The lowest BCUT2D eigenvalue weighted by molar-refractivity contribution is -0.154. The quantitative estimate of drug-likeness (QED) is 0.745. The van der Waals surface area contributed by atoms with Gasteiger partial charge in [0.2, 0.25) is 5.91 Å². The van der Waals surface area contributed by atoms with Crippen molar-refractivity contribution in [3.05, 3.63) is 0 Å². The fourth-order valence-corrected chi connectivity index (χ4v) is 2.94. The number of carbonyl (C=O) groups excluding carboxylic acids is 1. The predicted molar refractivity (Wildman–Crippen MR) is 62.4 cm³/mol. The van der Waals surface area contributed by atoms with Crippen LogP contribution in [0.2, 0.25) is 0 Å². The van der Waals surface area contributed by atoms with Gasteiger partial charge in [-0.05, 0) is 32.1 Å². The van der Waals surface area contributed by atoms with Crippen LogP contribution < -0.4 is 5.73 Å².